The number of nitrogens with one attached hydrogen (secondary N) is 1. The van der Waals surface area contributed by atoms with Crippen LogP contribution in [0, 0.1) is 0 Å². The third kappa shape index (κ3) is 36.5. The van der Waals surface area contributed by atoms with Gasteiger partial charge < -0.3 is 20.3 Å². The van der Waals surface area contributed by atoms with Gasteiger partial charge in [0.25, 0.3) is 0 Å². The fourth-order valence-electron chi connectivity index (χ4n) is 6.48. The Bertz CT molecular complexity index is 984. The number of aliphatic hydroxyl groups is 2. The van der Waals surface area contributed by atoms with E-state index in [1.54, 1.807) is 0 Å². The molecule has 0 spiro atoms. The van der Waals surface area contributed by atoms with Crippen LogP contribution in [0.2, 0.25) is 0 Å². The number of ether oxygens (including phenoxy) is 1. The van der Waals surface area contributed by atoms with Gasteiger partial charge in [0, 0.05) is 6.42 Å². The lowest BCUT2D eigenvalue weighted by atomic mass is 10.0. The molecule has 0 aliphatic carbocycles. The van der Waals surface area contributed by atoms with Gasteiger partial charge in [-0.05, 0) is 57.8 Å². The van der Waals surface area contributed by atoms with Gasteiger partial charge in [-0.2, -0.15) is 0 Å². The summed E-state index contributed by atoms with van der Waals surface area (Å²) < 4.78 is 5.84. The number of hydrogen-bond acceptors (Lipinski definition) is 5. The molecule has 1 amide bonds. The SMILES string of the molecule is CC/C=C/C/C=C/C/C=C/C/C=C/C/C=C/CCC(=O)OC(CCCCCCCCCCC)CC(=O)NC(CO)C(O)CCCCCCCCCCCC. The fraction of sp³-hybridized carbons (Fsp3) is 0.750. The molecular formula is C48H85NO5. The van der Waals surface area contributed by atoms with E-state index in [-0.39, 0.29) is 31.3 Å². The summed E-state index contributed by atoms with van der Waals surface area (Å²) in [6.07, 6.45) is 50.0. The minimum atomic E-state index is -0.796. The van der Waals surface area contributed by atoms with Gasteiger partial charge >= 0.3 is 5.97 Å². The van der Waals surface area contributed by atoms with Gasteiger partial charge in [0.05, 0.1) is 25.2 Å². The standard InChI is InChI=1S/C48H85NO5/c1-4-7-10-13-16-19-21-22-23-24-25-26-29-32-35-38-41-48(53)54-44(39-36-33-30-27-18-15-12-9-6-3)42-47(52)49-45(43-50)46(51)40-37-34-31-28-20-17-14-11-8-5-2/h7,10,16,19,22-23,25-26,32,35,44-46,50-51H,4-6,8-9,11-15,17-18,20-21,24,27-31,33-34,36-43H2,1-3H3,(H,49,52)/b10-7+,19-16+,23-22+,26-25+,35-32+. The zero-order valence-electron chi connectivity index (χ0n) is 35.3. The average Bonchev–Trinajstić information content (AvgIpc) is 3.16. The Kier molecular flexibility index (Phi) is 39.8. The van der Waals surface area contributed by atoms with E-state index in [9.17, 15) is 19.8 Å². The van der Waals surface area contributed by atoms with E-state index in [2.05, 4.69) is 80.8 Å². The Labute approximate surface area is 333 Å². The predicted octanol–water partition coefficient (Wildman–Crippen LogP) is 12.9. The molecule has 3 N–H and O–H groups in total. The second-order valence-corrected chi connectivity index (χ2v) is 15.1. The lowest BCUT2D eigenvalue weighted by molar-refractivity contribution is -0.150. The Morgan fingerprint density at radius 2 is 0.963 bits per heavy atom. The Morgan fingerprint density at radius 1 is 0.556 bits per heavy atom. The molecule has 3 atom stereocenters. The zero-order valence-corrected chi connectivity index (χ0v) is 35.3. The molecule has 0 aromatic carbocycles. The quantitative estimate of drug-likeness (QED) is 0.0330. The molecule has 6 heteroatoms. The first-order chi connectivity index (χ1) is 26.5. The summed E-state index contributed by atoms with van der Waals surface area (Å²) in [6.45, 7) is 6.30. The number of carbonyl (C=O) groups is 2. The summed E-state index contributed by atoms with van der Waals surface area (Å²) in [7, 11) is 0. The van der Waals surface area contributed by atoms with Gasteiger partial charge in [0.1, 0.15) is 6.10 Å². The molecule has 0 aliphatic heterocycles. The molecule has 0 saturated carbocycles. The van der Waals surface area contributed by atoms with Crippen LogP contribution in [0.25, 0.3) is 0 Å². The smallest absolute Gasteiger partial charge is 0.306 e. The molecule has 0 aromatic rings. The number of allylic oxidation sites excluding steroid dienone is 10. The normalized spacial score (nSPS) is 13.9. The van der Waals surface area contributed by atoms with Gasteiger partial charge in [0.15, 0.2) is 0 Å². The molecule has 0 aliphatic rings. The van der Waals surface area contributed by atoms with E-state index < -0.39 is 18.2 Å². The van der Waals surface area contributed by atoms with Crippen LogP contribution in [0.4, 0.5) is 0 Å². The van der Waals surface area contributed by atoms with E-state index in [4.69, 9.17) is 4.74 Å². The van der Waals surface area contributed by atoms with Crippen LogP contribution in [0.5, 0.6) is 0 Å². The lowest BCUT2D eigenvalue weighted by Crippen LogP contribution is -2.46. The minimum Gasteiger partial charge on any atom is -0.462 e. The van der Waals surface area contributed by atoms with Crippen molar-refractivity contribution in [3.8, 4) is 0 Å². The molecular weight excluding hydrogens is 671 g/mol. The number of hydrogen-bond donors (Lipinski definition) is 3. The molecule has 0 saturated heterocycles. The Hall–Kier alpha value is -2.44. The van der Waals surface area contributed by atoms with Crippen LogP contribution >= 0.6 is 0 Å². The van der Waals surface area contributed by atoms with E-state index in [1.165, 1.54) is 83.5 Å². The highest BCUT2D eigenvalue weighted by Crippen LogP contribution is 2.17. The highest BCUT2D eigenvalue weighted by Gasteiger charge is 2.24. The number of aliphatic hydroxyl groups excluding tert-OH is 2. The third-order valence-corrected chi connectivity index (χ3v) is 9.87. The zero-order chi connectivity index (χ0) is 39.6. The number of esters is 1. The van der Waals surface area contributed by atoms with Crippen LogP contribution in [-0.2, 0) is 14.3 Å². The van der Waals surface area contributed by atoms with Crippen molar-refractivity contribution in [1.29, 1.82) is 0 Å². The molecule has 0 heterocycles. The van der Waals surface area contributed by atoms with Crippen LogP contribution in [0.15, 0.2) is 60.8 Å². The molecule has 3 unspecified atom stereocenters. The lowest BCUT2D eigenvalue weighted by Gasteiger charge is -2.24. The maximum Gasteiger partial charge on any atom is 0.306 e. The summed E-state index contributed by atoms with van der Waals surface area (Å²) in [4.78, 5) is 25.9. The maximum absolute atomic E-state index is 13.1. The van der Waals surface area contributed by atoms with Gasteiger partial charge in [-0.15, -0.1) is 0 Å². The summed E-state index contributed by atoms with van der Waals surface area (Å²) in [5.74, 6) is -0.577. The number of amides is 1. The first-order valence-electron chi connectivity index (χ1n) is 22.5. The van der Waals surface area contributed by atoms with E-state index >= 15 is 0 Å². The summed E-state index contributed by atoms with van der Waals surface area (Å²) in [6, 6.07) is -0.713. The highest BCUT2D eigenvalue weighted by molar-refractivity contribution is 5.77. The van der Waals surface area contributed by atoms with Crippen LogP contribution < -0.4 is 5.32 Å². The first kappa shape index (κ1) is 51.6. The predicted molar refractivity (Wildman–Crippen MR) is 232 cm³/mol. The average molecular weight is 756 g/mol. The van der Waals surface area contributed by atoms with Crippen molar-refractivity contribution in [2.45, 2.75) is 225 Å². The molecule has 0 radical (unpaired) electrons. The van der Waals surface area contributed by atoms with E-state index in [0.717, 1.165) is 70.6 Å². The van der Waals surface area contributed by atoms with Crippen molar-refractivity contribution < 1.29 is 24.5 Å². The van der Waals surface area contributed by atoms with Crippen molar-refractivity contribution >= 4 is 11.9 Å². The van der Waals surface area contributed by atoms with Crippen molar-refractivity contribution in [3.63, 3.8) is 0 Å². The highest BCUT2D eigenvalue weighted by atomic mass is 16.5. The van der Waals surface area contributed by atoms with Gasteiger partial charge in [-0.3, -0.25) is 9.59 Å². The van der Waals surface area contributed by atoms with Crippen LogP contribution in [-0.4, -0.2) is 46.9 Å². The second-order valence-electron chi connectivity index (χ2n) is 15.1. The first-order valence-corrected chi connectivity index (χ1v) is 22.5. The topological polar surface area (TPSA) is 95.9 Å². The monoisotopic (exact) mass is 756 g/mol. The van der Waals surface area contributed by atoms with Crippen molar-refractivity contribution in [3.05, 3.63) is 60.8 Å². The molecule has 0 rings (SSSR count). The molecule has 0 fully saturated rings. The second kappa shape index (κ2) is 41.7. The van der Waals surface area contributed by atoms with E-state index in [1.807, 2.05) is 6.08 Å². The van der Waals surface area contributed by atoms with Crippen LogP contribution in [0.3, 0.4) is 0 Å². The summed E-state index contributed by atoms with van der Waals surface area (Å²) in [5, 5.41) is 23.5. The fourth-order valence-corrected chi connectivity index (χ4v) is 6.48. The molecule has 0 aromatic heterocycles. The van der Waals surface area contributed by atoms with Crippen molar-refractivity contribution in [2.24, 2.45) is 0 Å². The number of rotatable bonds is 39. The minimum absolute atomic E-state index is 0.0475. The Balaban J connectivity index is 4.65. The molecule has 312 valence electrons. The number of unbranched alkanes of at least 4 members (excludes halogenated alkanes) is 17. The van der Waals surface area contributed by atoms with Crippen molar-refractivity contribution in [2.75, 3.05) is 6.61 Å². The van der Waals surface area contributed by atoms with Gasteiger partial charge in [-0.25, -0.2) is 0 Å². The molecule has 0 bridgehead atoms. The third-order valence-electron chi connectivity index (χ3n) is 9.87. The molecule has 6 nitrogen and oxygen atoms in total. The van der Waals surface area contributed by atoms with Gasteiger partial charge in [0.2, 0.25) is 5.91 Å². The number of carbonyl (C=O) groups excluding carboxylic acids is 2. The maximum atomic E-state index is 13.1. The summed E-state index contributed by atoms with van der Waals surface area (Å²) >= 11 is 0. The van der Waals surface area contributed by atoms with Crippen molar-refractivity contribution in [1.82, 2.24) is 5.32 Å². The largest absolute Gasteiger partial charge is 0.462 e. The Morgan fingerprint density at radius 3 is 1.41 bits per heavy atom. The summed E-state index contributed by atoms with van der Waals surface area (Å²) in [5.41, 5.74) is 0. The molecule has 54 heavy (non-hydrogen) atoms. The van der Waals surface area contributed by atoms with Gasteiger partial charge in [-0.1, -0.05) is 197 Å². The van der Waals surface area contributed by atoms with Crippen LogP contribution in [0.1, 0.15) is 207 Å². The van der Waals surface area contributed by atoms with E-state index in [0.29, 0.717) is 19.3 Å².